The molecule has 0 aliphatic heterocycles. The van der Waals surface area contributed by atoms with E-state index in [4.69, 9.17) is 10.9 Å². The number of rotatable bonds is 6. The Hall–Kier alpha value is -1.66. The van der Waals surface area contributed by atoms with E-state index in [1.54, 1.807) is 17.0 Å². The maximum Gasteiger partial charge on any atom is 0.254 e. The lowest BCUT2D eigenvalue weighted by Gasteiger charge is -2.22. The lowest BCUT2D eigenvalue weighted by Crippen LogP contribution is -2.35. The molecule has 1 aliphatic carbocycles. The molecule has 6 nitrogen and oxygen atoms in total. The SMILES string of the molecule is CC(C)c1cc(C(=O)N(CCO)C2CC2)cc(NN)n1. The first-order chi connectivity index (χ1) is 9.56. The van der Waals surface area contributed by atoms with E-state index in [9.17, 15) is 4.79 Å². The van der Waals surface area contributed by atoms with Gasteiger partial charge in [-0.05, 0) is 30.9 Å². The van der Waals surface area contributed by atoms with E-state index in [1.165, 1.54) is 0 Å². The Morgan fingerprint density at radius 1 is 1.55 bits per heavy atom. The minimum Gasteiger partial charge on any atom is -0.395 e. The monoisotopic (exact) mass is 278 g/mol. The molecule has 110 valence electrons. The molecule has 1 aromatic heterocycles. The van der Waals surface area contributed by atoms with Crippen LogP contribution in [-0.2, 0) is 0 Å². The number of hydrogen-bond acceptors (Lipinski definition) is 5. The predicted molar refractivity (Wildman–Crippen MR) is 77.3 cm³/mol. The first-order valence-corrected chi connectivity index (χ1v) is 6.97. The van der Waals surface area contributed by atoms with Crippen LogP contribution >= 0.6 is 0 Å². The average Bonchev–Trinajstić information content (AvgIpc) is 3.27. The van der Waals surface area contributed by atoms with Crippen molar-refractivity contribution in [3.05, 3.63) is 23.4 Å². The number of carbonyl (C=O) groups excluding carboxylic acids is 1. The molecule has 6 heteroatoms. The van der Waals surface area contributed by atoms with Gasteiger partial charge in [-0.25, -0.2) is 10.8 Å². The van der Waals surface area contributed by atoms with Crippen LogP contribution in [0.15, 0.2) is 12.1 Å². The number of nitrogens with one attached hydrogen (secondary N) is 1. The average molecular weight is 278 g/mol. The van der Waals surface area contributed by atoms with Crippen LogP contribution in [0.1, 0.15) is 48.7 Å². The van der Waals surface area contributed by atoms with Crippen molar-refractivity contribution in [3.63, 3.8) is 0 Å². The standard InChI is InChI=1S/C14H22N4O2/c1-9(2)12-7-10(8-13(16-12)17-15)14(20)18(5-6-19)11-3-4-11/h7-9,11,19H,3-6,15H2,1-2H3,(H,16,17). The number of nitrogens with two attached hydrogens (primary N) is 1. The van der Waals surface area contributed by atoms with Crippen LogP contribution in [-0.4, -0.2) is 40.1 Å². The quantitative estimate of drug-likeness (QED) is 0.535. The number of hydrogen-bond donors (Lipinski definition) is 3. The number of aliphatic hydroxyl groups excluding tert-OH is 1. The number of anilines is 1. The fraction of sp³-hybridized carbons (Fsp3) is 0.571. The van der Waals surface area contributed by atoms with Crippen molar-refractivity contribution < 1.29 is 9.90 Å². The van der Waals surface area contributed by atoms with Gasteiger partial charge in [-0.3, -0.25) is 4.79 Å². The van der Waals surface area contributed by atoms with Crippen LogP contribution in [0.25, 0.3) is 0 Å². The van der Waals surface area contributed by atoms with Crippen LogP contribution < -0.4 is 11.3 Å². The summed E-state index contributed by atoms with van der Waals surface area (Å²) in [5.74, 6) is 6.05. The van der Waals surface area contributed by atoms with Crippen molar-refractivity contribution >= 4 is 11.7 Å². The molecule has 1 aliphatic rings. The molecule has 4 N–H and O–H groups in total. The molecule has 1 saturated carbocycles. The third kappa shape index (κ3) is 3.26. The highest BCUT2D eigenvalue weighted by atomic mass is 16.3. The van der Waals surface area contributed by atoms with Gasteiger partial charge in [0.05, 0.1) is 6.61 Å². The highest BCUT2D eigenvalue weighted by Gasteiger charge is 2.32. The van der Waals surface area contributed by atoms with Gasteiger partial charge >= 0.3 is 0 Å². The fourth-order valence-corrected chi connectivity index (χ4v) is 2.15. The molecule has 0 unspecified atom stereocenters. The summed E-state index contributed by atoms with van der Waals surface area (Å²) in [6, 6.07) is 3.72. The van der Waals surface area contributed by atoms with Gasteiger partial charge in [0.2, 0.25) is 0 Å². The van der Waals surface area contributed by atoms with E-state index in [0.717, 1.165) is 18.5 Å². The van der Waals surface area contributed by atoms with Crippen LogP contribution in [0.5, 0.6) is 0 Å². The summed E-state index contributed by atoms with van der Waals surface area (Å²) in [5, 5.41) is 9.11. The Bertz CT molecular complexity index is 486. The van der Waals surface area contributed by atoms with Gasteiger partial charge in [0.1, 0.15) is 5.82 Å². The molecule has 0 aromatic carbocycles. The summed E-state index contributed by atoms with van der Waals surface area (Å²) in [6.45, 7) is 4.38. The number of aliphatic hydroxyl groups is 1. The molecule has 1 heterocycles. The maximum atomic E-state index is 12.6. The number of hydrazine groups is 1. The van der Waals surface area contributed by atoms with Crippen molar-refractivity contribution in [2.24, 2.45) is 5.84 Å². The van der Waals surface area contributed by atoms with Crippen molar-refractivity contribution in [2.45, 2.75) is 38.6 Å². The number of aromatic nitrogens is 1. The molecule has 20 heavy (non-hydrogen) atoms. The van der Waals surface area contributed by atoms with Crippen molar-refractivity contribution in [2.75, 3.05) is 18.6 Å². The number of amides is 1. The summed E-state index contributed by atoms with van der Waals surface area (Å²) in [6.07, 6.45) is 2.02. The number of nitrogens with zero attached hydrogens (tertiary/aromatic N) is 2. The minimum atomic E-state index is -0.0673. The highest BCUT2D eigenvalue weighted by Crippen LogP contribution is 2.28. The first kappa shape index (κ1) is 14.7. The van der Waals surface area contributed by atoms with E-state index in [0.29, 0.717) is 17.9 Å². The molecule has 0 radical (unpaired) electrons. The largest absolute Gasteiger partial charge is 0.395 e. The second-order valence-corrected chi connectivity index (χ2v) is 5.42. The summed E-state index contributed by atoms with van der Waals surface area (Å²) in [4.78, 5) is 18.7. The van der Waals surface area contributed by atoms with Crippen molar-refractivity contribution in [1.82, 2.24) is 9.88 Å². The third-order valence-corrected chi connectivity index (χ3v) is 3.42. The zero-order chi connectivity index (χ0) is 14.7. The van der Waals surface area contributed by atoms with E-state index in [2.05, 4.69) is 10.4 Å². The lowest BCUT2D eigenvalue weighted by molar-refractivity contribution is 0.0707. The molecule has 2 rings (SSSR count). The Balaban J connectivity index is 2.29. The van der Waals surface area contributed by atoms with Crippen molar-refractivity contribution in [1.29, 1.82) is 0 Å². The molecule has 1 fully saturated rings. The summed E-state index contributed by atoms with van der Waals surface area (Å²) >= 11 is 0. The van der Waals surface area contributed by atoms with E-state index < -0.39 is 0 Å². The molecule has 0 bridgehead atoms. The highest BCUT2D eigenvalue weighted by molar-refractivity contribution is 5.95. The smallest absolute Gasteiger partial charge is 0.254 e. The van der Waals surface area contributed by atoms with Crippen molar-refractivity contribution in [3.8, 4) is 0 Å². The second kappa shape index (κ2) is 6.19. The summed E-state index contributed by atoms with van der Waals surface area (Å²) < 4.78 is 0. The minimum absolute atomic E-state index is 0.0215. The fourth-order valence-electron chi connectivity index (χ4n) is 2.15. The molecule has 1 amide bonds. The van der Waals surface area contributed by atoms with Gasteiger partial charge < -0.3 is 15.4 Å². The lowest BCUT2D eigenvalue weighted by atomic mass is 10.1. The Labute approximate surface area is 119 Å². The zero-order valence-corrected chi connectivity index (χ0v) is 12.0. The van der Waals surface area contributed by atoms with Gasteiger partial charge in [0, 0.05) is 23.8 Å². The van der Waals surface area contributed by atoms with Gasteiger partial charge in [-0.2, -0.15) is 0 Å². The van der Waals surface area contributed by atoms with Gasteiger partial charge in [0.25, 0.3) is 5.91 Å². The number of pyridine rings is 1. The van der Waals surface area contributed by atoms with Crippen LogP contribution in [0.4, 0.5) is 5.82 Å². The zero-order valence-electron chi connectivity index (χ0n) is 12.0. The maximum absolute atomic E-state index is 12.6. The molecular weight excluding hydrogens is 256 g/mol. The van der Waals surface area contributed by atoms with Gasteiger partial charge in [0.15, 0.2) is 0 Å². The molecular formula is C14H22N4O2. The normalized spacial score (nSPS) is 14.4. The van der Waals surface area contributed by atoms with Gasteiger partial charge in [-0.15, -0.1) is 0 Å². The van der Waals surface area contributed by atoms with Crippen LogP contribution in [0, 0.1) is 0 Å². The third-order valence-electron chi connectivity index (χ3n) is 3.42. The Morgan fingerprint density at radius 3 is 2.75 bits per heavy atom. The van der Waals surface area contributed by atoms with E-state index in [1.807, 2.05) is 13.8 Å². The summed E-state index contributed by atoms with van der Waals surface area (Å²) in [7, 11) is 0. The van der Waals surface area contributed by atoms with Crippen LogP contribution in [0.2, 0.25) is 0 Å². The molecule has 1 aromatic rings. The van der Waals surface area contributed by atoms with E-state index >= 15 is 0 Å². The molecule has 0 spiro atoms. The summed E-state index contributed by atoms with van der Waals surface area (Å²) in [5.41, 5.74) is 3.89. The Morgan fingerprint density at radius 2 is 2.25 bits per heavy atom. The van der Waals surface area contributed by atoms with Crippen LogP contribution in [0.3, 0.4) is 0 Å². The molecule has 0 saturated heterocycles. The van der Waals surface area contributed by atoms with E-state index in [-0.39, 0.29) is 24.5 Å². The number of nitrogen functional groups attached to an aromatic ring is 1. The molecule has 0 atom stereocenters. The topological polar surface area (TPSA) is 91.5 Å². The van der Waals surface area contributed by atoms with Gasteiger partial charge in [-0.1, -0.05) is 13.8 Å². The first-order valence-electron chi connectivity index (χ1n) is 6.97. The second-order valence-electron chi connectivity index (χ2n) is 5.42. The number of carbonyl (C=O) groups is 1. The predicted octanol–water partition coefficient (Wildman–Crippen LogP) is 1.09. The Kier molecular flexibility index (Phi) is 4.57.